The first kappa shape index (κ1) is 9.71. The number of nitrogens with zero attached hydrogens (tertiary/aromatic N) is 2. The Kier molecular flexibility index (Phi) is 3.19. The molecule has 0 aliphatic heterocycles. The number of hydrogen-bond donors (Lipinski definition) is 1. The highest BCUT2D eigenvalue weighted by Crippen LogP contribution is 2.20. The molecule has 1 aromatic heterocycles. The Hall–Kier alpha value is -0.830. The van der Waals surface area contributed by atoms with E-state index in [1.165, 1.54) is 32.1 Å². The predicted octanol–water partition coefficient (Wildman–Crippen LogP) is 2.87. The van der Waals surface area contributed by atoms with Gasteiger partial charge in [-0.15, -0.1) is 10.2 Å². The van der Waals surface area contributed by atoms with Gasteiger partial charge in [0.2, 0.25) is 0 Å². The standard InChI is InChI=1S/C10H14ClN3/c11-9-6-7-10(14-13-9)12-8-4-2-1-3-5-8/h6-8H,1-5H2,(H,12,14). The van der Waals surface area contributed by atoms with Crippen molar-refractivity contribution in [2.75, 3.05) is 5.32 Å². The molecule has 1 fully saturated rings. The fourth-order valence-electron chi connectivity index (χ4n) is 1.85. The van der Waals surface area contributed by atoms with Crippen LogP contribution in [0.2, 0.25) is 5.15 Å². The van der Waals surface area contributed by atoms with Gasteiger partial charge in [0.05, 0.1) is 0 Å². The Morgan fingerprint density at radius 3 is 2.57 bits per heavy atom. The quantitative estimate of drug-likeness (QED) is 0.818. The van der Waals surface area contributed by atoms with E-state index in [0.717, 1.165) is 5.82 Å². The molecule has 1 saturated carbocycles. The monoisotopic (exact) mass is 211 g/mol. The van der Waals surface area contributed by atoms with Gasteiger partial charge in [-0.1, -0.05) is 30.9 Å². The van der Waals surface area contributed by atoms with E-state index in [4.69, 9.17) is 11.6 Å². The SMILES string of the molecule is Clc1ccc(NC2CCCCC2)nn1. The number of halogens is 1. The van der Waals surface area contributed by atoms with Gasteiger partial charge in [-0.3, -0.25) is 0 Å². The number of hydrogen-bond acceptors (Lipinski definition) is 3. The van der Waals surface area contributed by atoms with Gasteiger partial charge in [-0.05, 0) is 25.0 Å². The van der Waals surface area contributed by atoms with E-state index in [2.05, 4.69) is 15.5 Å². The zero-order valence-corrected chi connectivity index (χ0v) is 8.80. The van der Waals surface area contributed by atoms with Crippen LogP contribution in [0.1, 0.15) is 32.1 Å². The molecule has 0 bridgehead atoms. The Bertz CT molecular complexity index is 280. The third kappa shape index (κ3) is 2.58. The summed E-state index contributed by atoms with van der Waals surface area (Å²) >= 11 is 5.65. The van der Waals surface area contributed by atoms with E-state index in [1.54, 1.807) is 6.07 Å². The van der Waals surface area contributed by atoms with E-state index in [1.807, 2.05) is 6.07 Å². The van der Waals surface area contributed by atoms with Gasteiger partial charge in [0.25, 0.3) is 0 Å². The minimum atomic E-state index is 0.444. The second kappa shape index (κ2) is 4.60. The summed E-state index contributed by atoms with van der Waals surface area (Å²) in [5.41, 5.74) is 0. The zero-order valence-electron chi connectivity index (χ0n) is 8.04. The molecule has 76 valence electrons. The van der Waals surface area contributed by atoms with Crippen LogP contribution in [0.3, 0.4) is 0 Å². The third-order valence-electron chi connectivity index (χ3n) is 2.59. The molecule has 14 heavy (non-hydrogen) atoms. The molecule has 1 aliphatic carbocycles. The average Bonchev–Trinajstić information content (AvgIpc) is 2.23. The van der Waals surface area contributed by atoms with E-state index < -0.39 is 0 Å². The van der Waals surface area contributed by atoms with E-state index in [9.17, 15) is 0 Å². The van der Waals surface area contributed by atoms with E-state index >= 15 is 0 Å². The molecule has 1 heterocycles. The second-order valence-corrected chi connectivity index (χ2v) is 4.11. The van der Waals surface area contributed by atoms with Crippen LogP contribution >= 0.6 is 11.6 Å². The first-order valence-electron chi connectivity index (χ1n) is 5.10. The van der Waals surface area contributed by atoms with Gasteiger partial charge >= 0.3 is 0 Å². The predicted molar refractivity (Wildman–Crippen MR) is 57.5 cm³/mol. The molecule has 1 aromatic rings. The summed E-state index contributed by atoms with van der Waals surface area (Å²) in [7, 11) is 0. The molecule has 0 unspecified atom stereocenters. The topological polar surface area (TPSA) is 37.8 Å². The molecule has 0 atom stereocenters. The summed E-state index contributed by atoms with van der Waals surface area (Å²) in [6, 6.07) is 4.21. The van der Waals surface area contributed by atoms with Crippen molar-refractivity contribution >= 4 is 17.4 Å². The molecule has 1 N–H and O–H groups in total. The summed E-state index contributed by atoms with van der Waals surface area (Å²) in [6.07, 6.45) is 6.48. The Labute approximate surface area is 88.9 Å². The molecular formula is C10H14ClN3. The van der Waals surface area contributed by atoms with Crippen LogP contribution in [0.5, 0.6) is 0 Å². The molecule has 4 heteroatoms. The van der Waals surface area contributed by atoms with Crippen molar-refractivity contribution < 1.29 is 0 Å². The lowest BCUT2D eigenvalue weighted by molar-refractivity contribution is 0.461. The average molecular weight is 212 g/mol. The van der Waals surface area contributed by atoms with E-state index in [0.29, 0.717) is 11.2 Å². The second-order valence-electron chi connectivity index (χ2n) is 3.72. The van der Waals surface area contributed by atoms with Crippen LogP contribution in [0.4, 0.5) is 5.82 Å². The molecule has 3 nitrogen and oxygen atoms in total. The Balaban J connectivity index is 1.92. The maximum absolute atomic E-state index is 5.65. The molecule has 0 amide bonds. The maximum Gasteiger partial charge on any atom is 0.151 e. The lowest BCUT2D eigenvalue weighted by Gasteiger charge is -2.22. The lowest BCUT2D eigenvalue weighted by atomic mass is 9.95. The van der Waals surface area contributed by atoms with Crippen molar-refractivity contribution in [3.63, 3.8) is 0 Å². The van der Waals surface area contributed by atoms with Crippen LogP contribution in [-0.4, -0.2) is 16.2 Å². The highest BCUT2D eigenvalue weighted by atomic mass is 35.5. The van der Waals surface area contributed by atoms with E-state index in [-0.39, 0.29) is 0 Å². The van der Waals surface area contributed by atoms with Gasteiger partial charge < -0.3 is 5.32 Å². The van der Waals surface area contributed by atoms with Crippen LogP contribution in [0, 0.1) is 0 Å². The van der Waals surface area contributed by atoms with Crippen molar-refractivity contribution in [1.29, 1.82) is 0 Å². The fourth-order valence-corrected chi connectivity index (χ4v) is 1.95. The number of aromatic nitrogens is 2. The van der Waals surface area contributed by atoms with Crippen molar-refractivity contribution in [1.82, 2.24) is 10.2 Å². The molecule has 0 radical (unpaired) electrons. The summed E-state index contributed by atoms with van der Waals surface area (Å²) in [5, 5.41) is 11.6. The lowest BCUT2D eigenvalue weighted by Crippen LogP contribution is -2.22. The molecular weight excluding hydrogens is 198 g/mol. The highest BCUT2D eigenvalue weighted by molar-refractivity contribution is 6.29. The summed E-state index contributed by atoms with van der Waals surface area (Å²) in [5.74, 6) is 0.835. The van der Waals surface area contributed by atoms with Crippen molar-refractivity contribution in [3.05, 3.63) is 17.3 Å². The van der Waals surface area contributed by atoms with Crippen molar-refractivity contribution in [3.8, 4) is 0 Å². The van der Waals surface area contributed by atoms with Gasteiger partial charge in [0.15, 0.2) is 5.15 Å². The minimum Gasteiger partial charge on any atom is -0.366 e. The largest absolute Gasteiger partial charge is 0.366 e. The molecule has 2 rings (SSSR count). The zero-order chi connectivity index (χ0) is 9.80. The molecule has 0 spiro atoms. The minimum absolute atomic E-state index is 0.444. The summed E-state index contributed by atoms with van der Waals surface area (Å²) in [4.78, 5) is 0. The third-order valence-corrected chi connectivity index (χ3v) is 2.79. The number of nitrogens with one attached hydrogen (secondary N) is 1. The van der Waals surface area contributed by atoms with Gasteiger partial charge in [-0.25, -0.2) is 0 Å². The Morgan fingerprint density at radius 2 is 1.93 bits per heavy atom. The van der Waals surface area contributed by atoms with Gasteiger partial charge in [-0.2, -0.15) is 0 Å². The molecule has 1 aliphatic rings. The van der Waals surface area contributed by atoms with Crippen LogP contribution in [0.15, 0.2) is 12.1 Å². The first-order valence-corrected chi connectivity index (χ1v) is 5.48. The summed E-state index contributed by atoms with van der Waals surface area (Å²) < 4.78 is 0. The van der Waals surface area contributed by atoms with Gasteiger partial charge in [0, 0.05) is 6.04 Å². The van der Waals surface area contributed by atoms with Crippen LogP contribution in [-0.2, 0) is 0 Å². The van der Waals surface area contributed by atoms with Crippen molar-refractivity contribution in [2.45, 2.75) is 38.1 Å². The fraction of sp³-hybridized carbons (Fsp3) is 0.600. The maximum atomic E-state index is 5.65. The van der Waals surface area contributed by atoms with Crippen LogP contribution in [0.25, 0.3) is 0 Å². The number of anilines is 1. The Morgan fingerprint density at radius 1 is 1.14 bits per heavy atom. The number of rotatable bonds is 2. The first-order chi connectivity index (χ1) is 6.84. The summed E-state index contributed by atoms with van der Waals surface area (Å²) in [6.45, 7) is 0. The molecule has 0 saturated heterocycles. The highest BCUT2D eigenvalue weighted by Gasteiger charge is 2.13. The van der Waals surface area contributed by atoms with Crippen LogP contribution < -0.4 is 5.32 Å². The molecule has 0 aromatic carbocycles. The van der Waals surface area contributed by atoms with Gasteiger partial charge in [0.1, 0.15) is 5.82 Å². The normalized spacial score (nSPS) is 18.1. The van der Waals surface area contributed by atoms with Crippen molar-refractivity contribution in [2.24, 2.45) is 0 Å². The smallest absolute Gasteiger partial charge is 0.151 e.